The second kappa shape index (κ2) is 9.03. The van der Waals surface area contributed by atoms with E-state index in [2.05, 4.69) is 5.32 Å². The maximum Gasteiger partial charge on any atom is 0.247 e. The van der Waals surface area contributed by atoms with Gasteiger partial charge in [0.05, 0.1) is 28.1 Å². The number of hydrogen-bond acceptors (Lipinski definition) is 4. The molecule has 1 atom stereocenters. The van der Waals surface area contributed by atoms with Crippen LogP contribution in [-0.2, 0) is 14.8 Å². The Morgan fingerprint density at radius 3 is 2.32 bits per heavy atom. The average molecular weight is 445 g/mol. The highest BCUT2D eigenvalue weighted by atomic mass is 35.5. The van der Waals surface area contributed by atoms with Crippen LogP contribution in [-0.4, -0.2) is 32.7 Å². The molecule has 0 aliphatic rings. The number of anilines is 2. The fourth-order valence-electron chi connectivity index (χ4n) is 2.60. The minimum Gasteiger partial charge on any atom is -0.491 e. The topological polar surface area (TPSA) is 75.7 Å². The van der Waals surface area contributed by atoms with Crippen molar-refractivity contribution in [1.82, 2.24) is 0 Å². The van der Waals surface area contributed by atoms with E-state index in [0.717, 1.165) is 10.6 Å². The van der Waals surface area contributed by atoms with Crippen molar-refractivity contribution in [2.24, 2.45) is 0 Å². The number of nitrogens with one attached hydrogen (secondary N) is 1. The second-order valence-electron chi connectivity index (χ2n) is 6.52. The summed E-state index contributed by atoms with van der Waals surface area (Å²) >= 11 is 11.9. The number of hydrogen-bond donors (Lipinski definition) is 1. The molecule has 152 valence electrons. The molecule has 2 rings (SSSR count). The fourth-order valence-corrected chi connectivity index (χ4v) is 4.06. The summed E-state index contributed by atoms with van der Waals surface area (Å²) in [6, 6.07) is 10.2. The summed E-state index contributed by atoms with van der Waals surface area (Å²) in [4.78, 5) is 12.7. The van der Waals surface area contributed by atoms with Gasteiger partial charge in [-0.3, -0.25) is 9.10 Å². The van der Waals surface area contributed by atoms with Crippen LogP contribution in [0.3, 0.4) is 0 Å². The van der Waals surface area contributed by atoms with Crippen LogP contribution in [0.5, 0.6) is 5.75 Å². The second-order valence-corrected chi connectivity index (χ2v) is 9.19. The zero-order chi connectivity index (χ0) is 21.1. The van der Waals surface area contributed by atoms with Gasteiger partial charge >= 0.3 is 0 Å². The molecule has 2 aromatic carbocycles. The SMILES string of the molecule is CC(C)Oc1cccc(NC(=O)[C@H](C)N(c2ccc(Cl)c(Cl)c2)S(C)(=O)=O)c1. The molecule has 0 saturated carbocycles. The molecule has 6 nitrogen and oxygen atoms in total. The monoisotopic (exact) mass is 444 g/mol. The van der Waals surface area contributed by atoms with E-state index < -0.39 is 22.0 Å². The van der Waals surface area contributed by atoms with Crippen molar-refractivity contribution >= 4 is 50.5 Å². The van der Waals surface area contributed by atoms with Gasteiger partial charge in [0.25, 0.3) is 0 Å². The number of carbonyl (C=O) groups is 1. The first kappa shape index (κ1) is 22.3. The summed E-state index contributed by atoms with van der Waals surface area (Å²) in [5.41, 5.74) is 0.744. The third kappa shape index (κ3) is 5.77. The van der Waals surface area contributed by atoms with E-state index in [1.165, 1.54) is 25.1 Å². The summed E-state index contributed by atoms with van der Waals surface area (Å²) in [5, 5.41) is 3.20. The van der Waals surface area contributed by atoms with Crippen molar-refractivity contribution in [3.8, 4) is 5.75 Å². The Bertz CT molecular complexity index is 964. The third-order valence-corrected chi connectivity index (χ3v) is 5.70. The minimum absolute atomic E-state index is 0.0137. The molecule has 0 aliphatic carbocycles. The summed E-state index contributed by atoms with van der Waals surface area (Å²) in [7, 11) is -3.76. The van der Waals surface area contributed by atoms with Crippen LogP contribution in [0.15, 0.2) is 42.5 Å². The number of ether oxygens (including phenoxy) is 1. The number of rotatable bonds is 7. The Kier molecular flexibility index (Phi) is 7.20. The summed E-state index contributed by atoms with van der Waals surface area (Å²) < 4.78 is 31.3. The first-order valence-corrected chi connectivity index (χ1v) is 11.1. The molecule has 2 aromatic rings. The molecule has 0 aromatic heterocycles. The van der Waals surface area contributed by atoms with Crippen molar-refractivity contribution in [3.63, 3.8) is 0 Å². The highest BCUT2D eigenvalue weighted by Gasteiger charge is 2.29. The minimum atomic E-state index is -3.76. The van der Waals surface area contributed by atoms with Crippen LogP contribution >= 0.6 is 23.2 Å². The van der Waals surface area contributed by atoms with Crippen LogP contribution in [0.2, 0.25) is 10.0 Å². The normalized spacial score (nSPS) is 12.5. The highest BCUT2D eigenvalue weighted by Crippen LogP contribution is 2.30. The van der Waals surface area contributed by atoms with E-state index in [-0.39, 0.29) is 21.8 Å². The van der Waals surface area contributed by atoms with Gasteiger partial charge in [0.15, 0.2) is 0 Å². The number of amides is 1. The Morgan fingerprint density at radius 1 is 1.07 bits per heavy atom. The lowest BCUT2D eigenvalue weighted by molar-refractivity contribution is -0.116. The van der Waals surface area contributed by atoms with Gasteiger partial charge in [-0.2, -0.15) is 0 Å². The molecule has 28 heavy (non-hydrogen) atoms. The smallest absolute Gasteiger partial charge is 0.247 e. The zero-order valence-corrected chi connectivity index (χ0v) is 18.3. The molecule has 9 heteroatoms. The molecule has 0 unspecified atom stereocenters. The van der Waals surface area contributed by atoms with Gasteiger partial charge in [-0.05, 0) is 51.1 Å². The van der Waals surface area contributed by atoms with Gasteiger partial charge in [-0.25, -0.2) is 8.42 Å². The standard InChI is InChI=1S/C19H22Cl2N2O4S/c1-12(2)27-16-7-5-6-14(10-16)22-19(24)13(3)23(28(4,25)26)15-8-9-17(20)18(21)11-15/h5-13H,1-4H3,(H,22,24)/t13-/m0/s1. The lowest BCUT2D eigenvalue weighted by atomic mass is 10.2. The molecule has 0 bridgehead atoms. The van der Waals surface area contributed by atoms with E-state index >= 15 is 0 Å². The van der Waals surface area contributed by atoms with E-state index in [4.69, 9.17) is 27.9 Å². The average Bonchev–Trinajstić information content (AvgIpc) is 2.56. The van der Waals surface area contributed by atoms with Gasteiger partial charge in [0, 0.05) is 11.8 Å². The summed E-state index contributed by atoms with van der Waals surface area (Å²) in [6.07, 6.45) is 1.01. The number of nitrogens with zero attached hydrogens (tertiary/aromatic N) is 1. The maximum absolute atomic E-state index is 12.7. The van der Waals surface area contributed by atoms with E-state index in [1.807, 2.05) is 13.8 Å². The molecule has 0 spiro atoms. The van der Waals surface area contributed by atoms with E-state index in [1.54, 1.807) is 24.3 Å². The molecular weight excluding hydrogens is 423 g/mol. The Balaban J connectivity index is 2.28. The molecule has 0 fully saturated rings. The number of sulfonamides is 1. The van der Waals surface area contributed by atoms with Gasteiger partial charge in [-0.1, -0.05) is 29.3 Å². The van der Waals surface area contributed by atoms with Crippen molar-refractivity contribution in [1.29, 1.82) is 0 Å². The largest absolute Gasteiger partial charge is 0.491 e. The number of halogens is 2. The highest BCUT2D eigenvalue weighted by molar-refractivity contribution is 7.92. The predicted octanol–water partition coefficient (Wildman–Crippen LogP) is 4.57. The van der Waals surface area contributed by atoms with Crippen LogP contribution in [0.4, 0.5) is 11.4 Å². The number of carbonyl (C=O) groups excluding carboxylic acids is 1. The van der Waals surface area contributed by atoms with E-state index in [0.29, 0.717) is 11.4 Å². The molecule has 0 saturated heterocycles. The molecule has 0 heterocycles. The van der Waals surface area contributed by atoms with Crippen LogP contribution in [0.1, 0.15) is 20.8 Å². The Hall–Kier alpha value is -1.96. The van der Waals surface area contributed by atoms with Crippen molar-refractivity contribution < 1.29 is 17.9 Å². The van der Waals surface area contributed by atoms with E-state index in [9.17, 15) is 13.2 Å². The van der Waals surface area contributed by atoms with Crippen LogP contribution in [0, 0.1) is 0 Å². The van der Waals surface area contributed by atoms with Gasteiger partial charge in [-0.15, -0.1) is 0 Å². The molecule has 1 N–H and O–H groups in total. The Morgan fingerprint density at radius 2 is 1.75 bits per heavy atom. The van der Waals surface area contributed by atoms with Crippen molar-refractivity contribution in [2.45, 2.75) is 32.9 Å². The van der Waals surface area contributed by atoms with Gasteiger partial charge < -0.3 is 10.1 Å². The Labute approximate surface area is 175 Å². The summed E-state index contributed by atoms with van der Waals surface area (Å²) in [5.74, 6) is 0.100. The van der Waals surface area contributed by atoms with Gasteiger partial charge in [0.1, 0.15) is 11.8 Å². The lowest BCUT2D eigenvalue weighted by Crippen LogP contribution is -2.45. The first-order chi connectivity index (χ1) is 13.0. The maximum atomic E-state index is 12.7. The molecular formula is C19H22Cl2N2O4S. The predicted molar refractivity (Wildman–Crippen MR) is 114 cm³/mol. The molecule has 0 radical (unpaired) electrons. The third-order valence-electron chi connectivity index (χ3n) is 3.72. The van der Waals surface area contributed by atoms with Gasteiger partial charge in [0.2, 0.25) is 15.9 Å². The summed E-state index contributed by atoms with van der Waals surface area (Å²) in [6.45, 7) is 5.29. The zero-order valence-electron chi connectivity index (χ0n) is 15.9. The lowest BCUT2D eigenvalue weighted by Gasteiger charge is -2.28. The van der Waals surface area contributed by atoms with Crippen molar-refractivity contribution in [3.05, 3.63) is 52.5 Å². The fraction of sp³-hybridized carbons (Fsp3) is 0.316. The molecule has 1 amide bonds. The quantitative estimate of drug-likeness (QED) is 0.677. The van der Waals surface area contributed by atoms with Crippen LogP contribution in [0.25, 0.3) is 0 Å². The molecule has 0 aliphatic heterocycles. The van der Waals surface area contributed by atoms with Crippen molar-refractivity contribution in [2.75, 3.05) is 15.9 Å². The number of benzene rings is 2. The van der Waals surface area contributed by atoms with Crippen LogP contribution < -0.4 is 14.4 Å². The first-order valence-electron chi connectivity index (χ1n) is 8.51.